The molecule has 0 radical (unpaired) electrons. The standard InChI is InChI=1S/C15H20N2O2/c1-15(2,10-18)17(3)14-12-6-5-7-13(19-4)11(12)8-9-16-14/h5-9,18H,10H2,1-4H3. The molecule has 0 amide bonds. The summed E-state index contributed by atoms with van der Waals surface area (Å²) in [7, 11) is 3.60. The van der Waals surface area contributed by atoms with Crippen LogP contribution in [0.3, 0.4) is 0 Å². The van der Waals surface area contributed by atoms with E-state index in [0.717, 1.165) is 22.3 Å². The number of aliphatic hydroxyl groups is 1. The van der Waals surface area contributed by atoms with Gasteiger partial charge in [-0.05, 0) is 26.0 Å². The number of ether oxygens (including phenoxy) is 1. The third-order valence-electron chi connectivity index (χ3n) is 3.58. The van der Waals surface area contributed by atoms with E-state index >= 15 is 0 Å². The molecule has 1 aromatic heterocycles. The number of likely N-dealkylation sites (N-methyl/N-ethyl adjacent to an activating group) is 1. The van der Waals surface area contributed by atoms with Gasteiger partial charge in [-0.1, -0.05) is 12.1 Å². The minimum atomic E-state index is -0.371. The van der Waals surface area contributed by atoms with Gasteiger partial charge in [0.25, 0.3) is 0 Å². The van der Waals surface area contributed by atoms with Crippen LogP contribution in [0.4, 0.5) is 5.82 Å². The predicted octanol–water partition coefficient (Wildman–Crippen LogP) is 2.45. The molecule has 102 valence electrons. The Kier molecular flexibility index (Phi) is 3.62. The lowest BCUT2D eigenvalue weighted by atomic mass is 10.0. The highest BCUT2D eigenvalue weighted by Crippen LogP contribution is 2.32. The van der Waals surface area contributed by atoms with Gasteiger partial charge >= 0.3 is 0 Å². The van der Waals surface area contributed by atoms with Gasteiger partial charge in [0, 0.05) is 24.0 Å². The topological polar surface area (TPSA) is 45.6 Å². The number of methoxy groups -OCH3 is 1. The highest BCUT2D eigenvalue weighted by Gasteiger charge is 2.25. The van der Waals surface area contributed by atoms with Gasteiger partial charge in [-0.3, -0.25) is 0 Å². The molecule has 2 aromatic rings. The van der Waals surface area contributed by atoms with Crippen LogP contribution >= 0.6 is 0 Å². The van der Waals surface area contributed by atoms with Crippen LogP contribution in [0.25, 0.3) is 10.8 Å². The molecule has 0 aliphatic rings. The van der Waals surface area contributed by atoms with E-state index in [1.54, 1.807) is 13.3 Å². The zero-order chi connectivity index (χ0) is 14.0. The highest BCUT2D eigenvalue weighted by atomic mass is 16.5. The van der Waals surface area contributed by atoms with Crippen molar-refractivity contribution in [2.75, 3.05) is 25.7 Å². The highest BCUT2D eigenvalue weighted by molar-refractivity contribution is 5.96. The SMILES string of the molecule is COc1cccc2c(N(C)C(C)(C)CO)nccc12. The van der Waals surface area contributed by atoms with Crippen molar-refractivity contribution >= 4 is 16.6 Å². The molecular weight excluding hydrogens is 240 g/mol. The fourth-order valence-electron chi connectivity index (χ4n) is 2.00. The fourth-order valence-corrected chi connectivity index (χ4v) is 2.00. The first-order chi connectivity index (χ1) is 9.01. The maximum Gasteiger partial charge on any atom is 0.136 e. The van der Waals surface area contributed by atoms with Crippen LogP contribution in [-0.4, -0.2) is 36.4 Å². The largest absolute Gasteiger partial charge is 0.496 e. The minimum Gasteiger partial charge on any atom is -0.496 e. The van der Waals surface area contributed by atoms with E-state index in [-0.39, 0.29) is 12.1 Å². The van der Waals surface area contributed by atoms with E-state index in [0.29, 0.717) is 0 Å². The maximum atomic E-state index is 9.50. The molecule has 0 saturated carbocycles. The molecule has 0 aliphatic heterocycles. The van der Waals surface area contributed by atoms with Crippen LogP contribution in [-0.2, 0) is 0 Å². The van der Waals surface area contributed by atoms with Crippen LogP contribution in [0.15, 0.2) is 30.5 Å². The van der Waals surface area contributed by atoms with Gasteiger partial charge in [0.05, 0.1) is 19.3 Å². The van der Waals surface area contributed by atoms with Crippen LogP contribution < -0.4 is 9.64 Å². The maximum absolute atomic E-state index is 9.50. The Bertz CT molecular complexity index is 581. The number of hydrogen-bond donors (Lipinski definition) is 1. The Morgan fingerprint density at radius 1 is 1.26 bits per heavy atom. The molecule has 1 heterocycles. The summed E-state index contributed by atoms with van der Waals surface area (Å²) >= 11 is 0. The summed E-state index contributed by atoms with van der Waals surface area (Å²) in [5, 5.41) is 11.5. The van der Waals surface area contributed by atoms with Gasteiger partial charge in [-0.15, -0.1) is 0 Å². The van der Waals surface area contributed by atoms with E-state index in [2.05, 4.69) is 4.98 Å². The molecule has 19 heavy (non-hydrogen) atoms. The van der Waals surface area contributed by atoms with Gasteiger partial charge in [-0.2, -0.15) is 0 Å². The molecular formula is C15H20N2O2. The van der Waals surface area contributed by atoms with Crippen molar-refractivity contribution < 1.29 is 9.84 Å². The number of aliphatic hydroxyl groups excluding tert-OH is 1. The van der Waals surface area contributed by atoms with Gasteiger partial charge in [0.15, 0.2) is 0 Å². The summed E-state index contributed by atoms with van der Waals surface area (Å²) in [6, 6.07) is 7.84. The average molecular weight is 260 g/mol. The van der Waals surface area contributed by atoms with E-state index in [1.807, 2.05) is 50.1 Å². The molecule has 2 rings (SSSR count). The number of pyridine rings is 1. The number of nitrogens with zero attached hydrogens (tertiary/aromatic N) is 2. The lowest BCUT2D eigenvalue weighted by molar-refractivity contribution is 0.216. The predicted molar refractivity (Wildman–Crippen MR) is 77.9 cm³/mol. The zero-order valence-corrected chi connectivity index (χ0v) is 11.8. The number of rotatable bonds is 4. The lowest BCUT2D eigenvalue weighted by Crippen LogP contribution is -2.44. The molecule has 0 spiro atoms. The zero-order valence-electron chi connectivity index (χ0n) is 11.8. The molecule has 4 nitrogen and oxygen atoms in total. The normalized spacial score (nSPS) is 11.6. The van der Waals surface area contributed by atoms with E-state index < -0.39 is 0 Å². The van der Waals surface area contributed by atoms with E-state index in [1.165, 1.54) is 0 Å². The Morgan fingerprint density at radius 3 is 2.63 bits per heavy atom. The Morgan fingerprint density at radius 2 is 2.00 bits per heavy atom. The van der Waals surface area contributed by atoms with Crippen LogP contribution in [0, 0.1) is 0 Å². The molecule has 0 fully saturated rings. The van der Waals surface area contributed by atoms with Crippen molar-refractivity contribution in [1.82, 2.24) is 4.98 Å². The second-order valence-electron chi connectivity index (χ2n) is 5.22. The van der Waals surface area contributed by atoms with Crippen molar-refractivity contribution in [3.05, 3.63) is 30.5 Å². The fraction of sp³-hybridized carbons (Fsp3) is 0.400. The van der Waals surface area contributed by atoms with Gasteiger partial charge < -0.3 is 14.7 Å². The molecule has 0 atom stereocenters. The Labute approximate surface area is 113 Å². The molecule has 4 heteroatoms. The second-order valence-corrected chi connectivity index (χ2v) is 5.22. The summed E-state index contributed by atoms with van der Waals surface area (Å²) in [5.74, 6) is 1.67. The first kappa shape index (κ1) is 13.6. The monoisotopic (exact) mass is 260 g/mol. The number of aromatic nitrogens is 1. The van der Waals surface area contributed by atoms with E-state index in [9.17, 15) is 5.11 Å². The van der Waals surface area contributed by atoms with Crippen molar-refractivity contribution in [3.8, 4) is 5.75 Å². The Hall–Kier alpha value is -1.81. The molecule has 0 unspecified atom stereocenters. The summed E-state index contributed by atoms with van der Waals surface area (Å²) < 4.78 is 5.38. The first-order valence-corrected chi connectivity index (χ1v) is 6.27. The van der Waals surface area contributed by atoms with Gasteiger partial charge in [0.1, 0.15) is 11.6 Å². The van der Waals surface area contributed by atoms with Crippen LogP contribution in [0.1, 0.15) is 13.8 Å². The third kappa shape index (κ3) is 2.36. The van der Waals surface area contributed by atoms with Crippen molar-refractivity contribution in [2.45, 2.75) is 19.4 Å². The average Bonchev–Trinajstić information content (AvgIpc) is 2.45. The number of fused-ring (bicyclic) bond motifs is 1. The second kappa shape index (κ2) is 5.05. The summed E-state index contributed by atoms with van der Waals surface area (Å²) in [5.41, 5.74) is -0.371. The molecule has 0 saturated heterocycles. The number of benzene rings is 1. The molecule has 1 aromatic carbocycles. The van der Waals surface area contributed by atoms with Crippen LogP contribution in [0.2, 0.25) is 0 Å². The summed E-state index contributed by atoms with van der Waals surface area (Å²) in [6.45, 7) is 4.02. The first-order valence-electron chi connectivity index (χ1n) is 6.27. The molecule has 0 bridgehead atoms. The molecule has 0 aliphatic carbocycles. The number of hydrogen-bond acceptors (Lipinski definition) is 4. The van der Waals surface area contributed by atoms with Gasteiger partial charge in [-0.25, -0.2) is 4.98 Å². The lowest BCUT2D eigenvalue weighted by Gasteiger charge is -2.35. The Balaban J connectivity index is 2.62. The van der Waals surface area contributed by atoms with Crippen molar-refractivity contribution in [1.29, 1.82) is 0 Å². The van der Waals surface area contributed by atoms with Crippen molar-refractivity contribution in [2.24, 2.45) is 0 Å². The smallest absolute Gasteiger partial charge is 0.136 e. The van der Waals surface area contributed by atoms with E-state index in [4.69, 9.17) is 4.74 Å². The minimum absolute atomic E-state index is 0.0610. The summed E-state index contributed by atoms with van der Waals surface area (Å²) in [4.78, 5) is 6.45. The van der Waals surface area contributed by atoms with Gasteiger partial charge in [0.2, 0.25) is 0 Å². The molecule has 1 N–H and O–H groups in total. The van der Waals surface area contributed by atoms with Crippen LogP contribution in [0.5, 0.6) is 5.75 Å². The number of anilines is 1. The third-order valence-corrected chi connectivity index (χ3v) is 3.58. The quantitative estimate of drug-likeness (QED) is 0.917. The summed E-state index contributed by atoms with van der Waals surface area (Å²) in [6.07, 6.45) is 1.77. The van der Waals surface area contributed by atoms with Crippen molar-refractivity contribution in [3.63, 3.8) is 0 Å².